The largest absolute Gasteiger partial charge is 0.398 e. The van der Waals surface area contributed by atoms with Gasteiger partial charge >= 0.3 is 0 Å². The fourth-order valence-corrected chi connectivity index (χ4v) is 3.12. The van der Waals surface area contributed by atoms with E-state index >= 15 is 0 Å². The van der Waals surface area contributed by atoms with Gasteiger partial charge in [-0.2, -0.15) is 0 Å². The van der Waals surface area contributed by atoms with Crippen LogP contribution >= 0.6 is 0 Å². The number of benzene rings is 1. The first kappa shape index (κ1) is 14.1. The van der Waals surface area contributed by atoms with Crippen LogP contribution in [0, 0.1) is 11.2 Å². The van der Waals surface area contributed by atoms with Gasteiger partial charge in [-0.1, -0.05) is 13.8 Å². The third-order valence-corrected chi connectivity index (χ3v) is 4.56. The van der Waals surface area contributed by atoms with E-state index < -0.39 is 0 Å². The molecular formula is C17H22FN3. The van der Waals surface area contributed by atoms with Gasteiger partial charge in [-0.3, -0.25) is 4.98 Å². The Bertz CT molecular complexity index is 656. The normalized spacial score (nSPS) is 18.8. The van der Waals surface area contributed by atoms with Crippen LogP contribution in [0.4, 0.5) is 15.8 Å². The number of anilines is 2. The van der Waals surface area contributed by atoms with Crippen molar-refractivity contribution in [2.24, 2.45) is 5.41 Å². The molecule has 0 bridgehead atoms. The number of halogens is 1. The molecule has 0 unspecified atom stereocenters. The standard InChI is InChI=1S/C17H22FN3/c1-17(2)7-5-11(6-8-17)21-16-13(18)10-14(19)12-4-3-9-20-15(12)16/h3-4,9-11,21H,5-8,19H2,1-2H3. The number of nitrogen functional groups attached to an aromatic ring is 1. The Morgan fingerprint density at radius 1 is 1.33 bits per heavy atom. The summed E-state index contributed by atoms with van der Waals surface area (Å²) in [5.74, 6) is -0.316. The number of aromatic nitrogens is 1. The molecule has 3 rings (SSSR count). The van der Waals surface area contributed by atoms with Crippen molar-refractivity contribution in [1.82, 2.24) is 4.98 Å². The van der Waals surface area contributed by atoms with Gasteiger partial charge in [0.25, 0.3) is 0 Å². The molecule has 0 spiro atoms. The molecular weight excluding hydrogens is 265 g/mol. The van der Waals surface area contributed by atoms with E-state index in [0.717, 1.165) is 31.1 Å². The van der Waals surface area contributed by atoms with Crippen LogP contribution in [0.1, 0.15) is 39.5 Å². The Labute approximate surface area is 124 Å². The number of hydrogen-bond donors (Lipinski definition) is 2. The van der Waals surface area contributed by atoms with Crippen LogP contribution in [0.15, 0.2) is 24.4 Å². The Hall–Kier alpha value is -1.84. The van der Waals surface area contributed by atoms with E-state index in [0.29, 0.717) is 28.3 Å². The van der Waals surface area contributed by atoms with Gasteiger partial charge in [0.05, 0.1) is 11.2 Å². The number of nitrogens with two attached hydrogens (primary N) is 1. The van der Waals surface area contributed by atoms with Gasteiger partial charge in [0.15, 0.2) is 5.82 Å². The van der Waals surface area contributed by atoms with Crippen LogP contribution in [0.25, 0.3) is 10.9 Å². The summed E-state index contributed by atoms with van der Waals surface area (Å²) in [5.41, 5.74) is 7.84. The van der Waals surface area contributed by atoms with Crippen molar-refractivity contribution in [2.45, 2.75) is 45.6 Å². The first-order valence-corrected chi connectivity index (χ1v) is 7.55. The van der Waals surface area contributed by atoms with Crippen LogP contribution < -0.4 is 11.1 Å². The molecule has 4 heteroatoms. The minimum atomic E-state index is -0.316. The van der Waals surface area contributed by atoms with Crippen molar-refractivity contribution < 1.29 is 4.39 Å². The summed E-state index contributed by atoms with van der Waals surface area (Å²) >= 11 is 0. The number of fused-ring (bicyclic) bond motifs is 1. The lowest BCUT2D eigenvalue weighted by atomic mass is 9.75. The Balaban J connectivity index is 1.91. The summed E-state index contributed by atoms with van der Waals surface area (Å²) in [6, 6.07) is 5.40. The number of rotatable bonds is 2. The van der Waals surface area contributed by atoms with E-state index in [1.807, 2.05) is 12.1 Å². The van der Waals surface area contributed by atoms with Gasteiger partial charge in [0.1, 0.15) is 0 Å². The van der Waals surface area contributed by atoms with Gasteiger partial charge in [-0.05, 0) is 49.3 Å². The second kappa shape index (κ2) is 5.17. The molecule has 1 aliphatic carbocycles. The molecule has 1 heterocycles. The third kappa shape index (κ3) is 2.80. The van der Waals surface area contributed by atoms with Crippen molar-refractivity contribution in [3.63, 3.8) is 0 Å². The van der Waals surface area contributed by atoms with Crippen molar-refractivity contribution in [3.8, 4) is 0 Å². The predicted octanol–water partition coefficient (Wildman–Crippen LogP) is 4.34. The summed E-state index contributed by atoms with van der Waals surface area (Å²) in [5, 5.41) is 4.17. The lowest BCUT2D eigenvalue weighted by molar-refractivity contribution is 0.232. The van der Waals surface area contributed by atoms with Crippen LogP contribution in [0.2, 0.25) is 0 Å². The van der Waals surface area contributed by atoms with Gasteiger partial charge in [-0.25, -0.2) is 4.39 Å². The summed E-state index contributed by atoms with van der Waals surface area (Å²) in [6.07, 6.45) is 6.12. The highest BCUT2D eigenvalue weighted by atomic mass is 19.1. The van der Waals surface area contributed by atoms with E-state index in [-0.39, 0.29) is 5.82 Å². The number of nitrogens with one attached hydrogen (secondary N) is 1. The predicted molar refractivity (Wildman–Crippen MR) is 85.8 cm³/mol. The highest BCUT2D eigenvalue weighted by Gasteiger charge is 2.27. The lowest BCUT2D eigenvalue weighted by Gasteiger charge is -2.35. The maximum Gasteiger partial charge on any atom is 0.150 e. The zero-order valence-electron chi connectivity index (χ0n) is 12.6. The van der Waals surface area contributed by atoms with Crippen molar-refractivity contribution in [3.05, 3.63) is 30.2 Å². The van der Waals surface area contributed by atoms with Crippen LogP contribution in [0.5, 0.6) is 0 Å². The molecule has 3 nitrogen and oxygen atoms in total. The maximum atomic E-state index is 14.3. The van der Waals surface area contributed by atoms with Crippen molar-refractivity contribution >= 4 is 22.3 Å². The molecule has 112 valence electrons. The summed E-state index contributed by atoms with van der Waals surface area (Å²) in [4.78, 5) is 4.31. The second-order valence-corrected chi connectivity index (χ2v) is 6.81. The first-order valence-electron chi connectivity index (χ1n) is 7.55. The van der Waals surface area contributed by atoms with Crippen molar-refractivity contribution in [2.75, 3.05) is 11.1 Å². The minimum absolute atomic E-state index is 0.307. The van der Waals surface area contributed by atoms with Crippen molar-refractivity contribution in [1.29, 1.82) is 0 Å². The Kier molecular flexibility index (Phi) is 3.47. The average molecular weight is 287 g/mol. The Morgan fingerprint density at radius 3 is 2.76 bits per heavy atom. The van der Waals surface area contributed by atoms with Gasteiger partial charge < -0.3 is 11.1 Å². The molecule has 0 saturated heterocycles. The number of pyridine rings is 1. The zero-order chi connectivity index (χ0) is 15.0. The molecule has 0 aliphatic heterocycles. The smallest absolute Gasteiger partial charge is 0.150 e. The molecule has 0 atom stereocenters. The third-order valence-electron chi connectivity index (χ3n) is 4.56. The van der Waals surface area contributed by atoms with Crippen LogP contribution in [0.3, 0.4) is 0 Å². The fraction of sp³-hybridized carbons (Fsp3) is 0.471. The summed E-state index contributed by atoms with van der Waals surface area (Å²) in [6.45, 7) is 4.59. The van der Waals surface area contributed by atoms with Gasteiger partial charge in [-0.15, -0.1) is 0 Å². The SMILES string of the molecule is CC1(C)CCC(Nc2c(F)cc(N)c3cccnc23)CC1. The lowest BCUT2D eigenvalue weighted by Crippen LogP contribution is -2.30. The molecule has 0 radical (unpaired) electrons. The van der Waals surface area contributed by atoms with E-state index in [2.05, 4.69) is 24.1 Å². The highest BCUT2D eigenvalue weighted by molar-refractivity contribution is 5.98. The monoisotopic (exact) mass is 287 g/mol. The molecule has 1 aromatic carbocycles. The molecule has 1 aliphatic rings. The minimum Gasteiger partial charge on any atom is -0.398 e. The molecule has 1 fully saturated rings. The zero-order valence-corrected chi connectivity index (χ0v) is 12.6. The maximum absolute atomic E-state index is 14.3. The fourth-order valence-electron chi connectivity index (χ4n) is 3.12. The van der Waals surface area contributed by atoms with E-state index in [1.54, 1.807) is 6.20 Å². The Morgan fingerprint density at radius 2 is 2.05 bits per heavy atom. The second-order valence-electron chi connectivity index (χ2n) is 6.81. The van der Waals surface area contributed by atoms with Gasteiger partial charge in [0, 0.05) is 23.3 Å². The average Bonchev–Trinajstić information content (AvgIpc) is 2.45. The summed E-state index contributed by atoms with van der Waals surface area (Å²) in [7, 11) is 0. The van der Waals surface area contributed by atoms with Gasteiger partial charge in [0.2, 0.25) is 0 Å². The molecule has 1 aromatic heterocycles. The molecule has 2 aromatic rings. The number of nitrogens with zero attached hydrogens (tertiary/aromatic N) is 1. The van der Waals surface area contributed by atoms with Crippen LogP contribution in [-0.4, -0.2) is 11.0 Å². The highest BCUT2D eigenvalue weighted by Crippen LogP contribution is 2.37. The topological polar surface area (TPSA) is 50.9 Å². The van der Waals surface area contributed by atoms with E-state index in [4.69, 9.17) is 5.73 Å². The summed E-state index contributed by atoms with van der Waals surface area (Å²) < 4.78 is 14.3. The molecule has 21 heavy (non-hydrogen) atoms. The van der Waals surface area contributed by atoms with E-state index in [1.165, 1.54) is 6.07 Å². The molecule has 1 saturated carbocycles. The quantitative estimate of drug-likeness (QED) is 0.808. The first-order chi connectivity index (χ1) is 9.96. The molecule has 3 N–H and O–H groups in total. The number of hydrogen-bond acceptors (Lipinski definition) is 3. The molecule has 0 amide bonds. The van der Waals surface area contributed by atoms with E-state index in [9.17, 15) is 4.39 Å². The van der Waals surface area contributed by atoms with Crippen LogP contribution in [-0.2, 0) is 0 Å².